The number of carboxylic acids is 2. The molecule has 4 N–H and O–H groups in total. The number of benzene rings is 1. The lowest BCUT2D eigenvalue weighted by Crippen LogP contribution is -2.70. The molecule has 0 radical (unpaired) electrons. The van der Waals surface area contributed by atoms with Crippen molar-refractivity contribution in [2.24, 2.45) is 0 Å². The van der Waals surface area contributed by atoms with Gasteiger partial charge in [-0.25, -0.2) is 9.36 Å². The molecule has 2 atom stereocenters. The number of hydrogen-bond acceptors (Lipinski definition) is 9. The largest absolute Gasteiger partial charge is 0.481 e. The molecule has 2 amide bonds. The molecule has 0 aliphatic carbocycles. The molecule has 1 saturated heterocycles. The van der Waals surface area contributed by atoms with Crippen LogP contribution in [0.4, 0.5) is 0 Å². The first-order valence-corrected chi connectivity index (χ1v) is 16.7. The highest BCUT2D eigenvalue weighted by Crippen LogP contribution is 2.42. The van der Waals surface area contributed by atoms with Crippen molar-refractivity contribution in [2.75, 3.05) is 29.6 Å². The van der Waals surface area contributed by atoms with Crippen molar-refractivity contribution < 1.29 is 39.1 Å². The molecule has 0 spiro atoms. The summed E-state index contributed by atoms with van der Waals surface area (Å²) in [6.07, 6.45) is 3.67. The minimum Gasteiger partial charge on any atom is -0.481 e. The van der Waals surface area contributed by atoms with Gasteiger partial charge in [0.25, 0.3) is 5.91 Å². The second-order valence-electron chi connectivity index (χ2n) is 8.68. The number of carboxylic acid groups (broad SMARTS) is 2. The third kappa shape index (κ3) is 7.86. The summed E-state index contributed by atoms with van der Waals surface area (Å²) in [5.41, 5.74) is 0.584. The maximum Gasteiger partial charge on any atom is 0.352 e. The van der Waals surface area contributed by atoms with Crippen molar-refractivity contribution in [1.82, 2.24) is 10.2 Å². The summed E-state index contributed by atoms with van der Waals surface area (Å²) in [5, 5.41) is 30.6. The summed E-state index contributed by atoms with van der Waals surface area (Å²) in [4.78, 5) is 51.8. The second kappa shape index (κ2) is 14.4. The van der Waals surface area contributed by atoms with Crippen LogP contribution in [0.3, 0.4) is 0 Å². The quantitative estimate of drug-likeness (QED) is 0.141. The Kier molecular flexibility index (Phi) is 11.2. The van der Waals surface area contributed by atoms with Gasteiger partial charge in [0.05, 0.1) is 21.6 Å². The molecule has 1 fully saturated rings. The Balaban J connectivity index is 1.34. The first-order chi connectivity index (χ1) is 19.6. The molecule has 218 valence electrons. The Labute approximate surface area is 262 Å². The van der Waals surface area contributed by atoms with Gasteiger partial charge in [-0.2, -0.15) is 0 Å². The number of aliphatic hydroxyl groups excluding tert-OH is 1. The fraction of sp³-hybridized carbons (Fsp3) is 0.320. The normalized spacial score (nSPS) is 18.1. The standard InChI is InChI=1S/C25H23Cl2N3O7S4/c26-15-8-18(40-12-20(33)34)16(27)7-17(15)39-11-19(32)28-21-23(35)30-22(25(36)37)13(10-41-24(21)30)9-38-14-1-3-29(4-2-14)5-6-31/h1-4,7-8,21,24,31H,5-6,9-12H2,(H2-,28,32,33,34,36,37)/p+1/t21-,24-/m1/s1. The highest BCUT2D eigenvalue weighted by atomic mass is 35.5. The van der Waals surface area contributed by atoms with Gasteiger partial charge in [0.1, 0.15) is 23.7 Å². The maximum atomic E-state index is 13.0. The Bertz CT molecular complexity index is 1390. The zero-order valence-electron chi connectivity index (χ0n) is 21.1. The third-order valence-corrected chi connectivity index (χ3v) is 11.3. The minimum atomic E-state index is -1.19. The van der Waals surface area contributed by atoms with E-state index in [9.17, 15) is 24.3 Å². The zero-order chi connectivity index (χ0) is 29.7. The van der Waals surface area contributed by atoms with Crippen LogP contribution in [-0.4, -0.2) is 85.0 Å². The van der Waals surface area contributed by atoms with Crippen LogP contribution in [0.2, 0.25) is 10.0 Å². The van der Waals surface area contributed by atoms with Gasteiger partial charge in [-0.05, 0) is 17.7 Å². The predicted molar refractivity (Wildman–Crippen MR) is 160 cm³/mol. The number of carbonyl (C=O) groups excluding carboxylic acids is 2. The lowest BCUT2D eigenvalue weighted by molar-refractivity contribution is -0.698. The molecular formula is C25H24Cl2N3O7S4+. The first-order valence-electron chi connectivity index (χ1n) is 12.0. The van der Waals surface area contributed by atoms with Crippen LogP contribution >= 0.6 is 70.2 Å². The number of aromatic nitrogens is 1. The van der Waals surface area contributed by atoms with Gasteiger partial charge in [-0.1, -0.05) is 23.2 Å². The summed E-state index contributed by atoms with van der Waals surface area (Å²) in [7, 11) is 0. The number of rotatable bonds is 13. The van der Waals surface area contributed by atoms with E-state index in [-0.39, 0.29) is 23.8 Å². The van der Waals surface area contributed by atoms with Crippen LogP contribution in [-0.2, 0) is 25.7 Å². The van der Waals surface area contributed by atoms with E-state index >= 15 is 0 Å². The van der Waals surface area contributed by atoms with Crippen LogP contribution < -0.4 is 9.88 Å². The Morgan fingerprint density at radius 3 is 2.27 bits per heavy atom. The van der Waals surface area contributed by atoms with Gasteiger partial charge in [0, 0.05) is 38.3 Å². The highest BCUT2D eigenvalue weighted by molar-refractivity contribution is 8.01. The van der Waals surface area contributed by atoms with Gasteiger partial charge in [0.2, 0.25) is 5.91 Å². The van der Waals surface area contributed by atoms with Crippen molar-refractivity contribution >= 4 is 94.0 Å². The Morgan fingerprint density at radius 1 is 1.05 bits per heavy atom. The number of carbonyl (C=O) groups is 4. The smallest absolute Gasteiger partial charge is 0.352 e. The molecule has 3 heterocycles. The fourth-order valence-electron chi connectivity index (χ4n) is 4.00. The lowest BCUT2D eigenvalue weighted by Gasteiger charge is -2.49. The van der Waals surface area contributed by atoms with Crippen molar-refractivity contribution in [1.29, 1.82) is 0 Å². The summed E-state index contributed by atoms with van der Waals surface area (Å²) >= 11 is 17.5. The lowest BCUT2D eigenvalue weighted by atomic mass is 10.0. The number of hydrogen-bond donors (Lipinski definition) is 4. The summed E-state index contributed by atoms with van der Waals surface area (Å²) in [5.74, 6) is -2.52. The molecule has 1 aromatic carbocycles. The van der Waals surface area contributed by atoms with Crippen molar-refractivity contribution in [3.8, 4) is 0 Å². The van der Waals surface area contributed by atoms with E-state index in [0.29, 0.717) is 43.5 Å². The van der Waals surface area contributed by atoms with Crippen molar-refractivity contribution in [2.45, 2.75) is 32.6 Å². The second-order valence-corrected chi connectivity index (χ2v) is 13.7. The van der Waals surface area contributed by atoms with E-state index in [4.69, 9.17) is 33.4 Å². The molecule has 10 nitrogen and oxygen atoms in total. The molecule has 1 aromatic heterocycles. The number of aliphatic hydroxyl groups is 1. The molecule has 41 heavy (non-hydrogen) atoms. The zero-order valence-corrected chi connectivity index (χ0v) is 25.9. The van der Waals surface area contributed by atoms with E-state index in [0.717, 1.165) is 28.4 Å². The number of aliphatic carboxylic acids is 2. The average Bonchev–Trinajstić information content (AvgIpc) is 2.94. The van der Waals surface area contributed by atoms with E-state index < -0.39 is 35.2 Å². The number of fused-ring (bicyclic) bond motifs is 1. The predicted octanol–water partition coefficient (Wildman–Crippen LogP) is 3.07. The fourth-order valence-corrected chi connectivity index (χ4v) is 8.60. The van der Waals surface area contributed by atoms with Gasteiger partial charge < -0.3 is 20.6 Å². The number of pyridine rings is 1. The molecule has 0 bridgehead atoms. The number of thioether (sulfide) groups is 4. The summed E-state index contributed by atoms with van der Waals surface area (Å²) in [6.45, 7) is 0.512. The van der Waals surface area contributed by atoms with Crippen LogP contribution in [0.1, 0.15) is 0 Å². The van der Waals surface area contributed by atoms with Crippen molar-refractivity contribution in [3.05, 3.63) is 58.0 Å². The van der Waals surface area contributed by atoms with Crippen LogP contribution in [0.15, 0.2) is 62.6 Å². The summed E-state index contributed by atoms with van der Waals surface area (Å²) < 4.78 is 1.84. The number of β-lactam (4-membered cyclic amide) rings is 1. The van der Waals surface area contributed by atoms with Gasteiger partial charge >= 0.3 is 11.9 Å². The number of nitrogens with one attached hydrogen (secondary N) is 1. The van der Waals surface area contributed by atoms with Crippen LogP contribution in [0.25, 0.3) is 0 Å². The number of amides is 2. The van der Waals surface area contributed by atoms with E-state index in [1.165, 1.54) is 28.4 Å². The van der Waals surface area contributed by atoms with Gasteiger partial charge in [0.15, 0.2) is 18.9 Å². The maximum absolute atomic E-state index is 13.0. The SMILES string of the molecule is O=C(O)CSc1cc(Cl)c(SCC(=O)N[C@@H]2C(=O)N3C(C(=O)O)=C(CSc4cc[n+](CCO)cc4)CS[C@H]23)cc1Cl. The Hall–Kier alpha value is -2.07. The van der Waals surface area contributed by atoms with E-state index in [2.05, 4.69) is 5.32 Å². The van der Waals surface area contributed by atoms with Gasteiger partial charge in [-0.3, -0.25) is 19.3 Å². The summed E-state index contributed by atoms with van der Waals surface area (Å²) in [6, 6.07) is 6.02. The molecule has 2 aliphatic heterocycles. The molecule has 2 aromatic rings. The highest BCUT2D eigenvalue weighted by Gasteiger charge is 2.54. The van der Waals surface area contributed by atoms with Crippen LogP contribution in [0, 0.1) is 0 Å². The molecule has 16 heteroatoms. The van der Waals surface area contributed by atoms with Crippen LogP contribution in [0.5, 0.6) is 0 Å². The molecule has 2 aliphatic rings. The monoisotopic (exact) mass is 676 g/mol. The first kappa shape index (κ1) is 31.9. The molecule has 0 unspecified atom stereocenters. The average molecular weight is 678 g/mol. The Morgan fingerprint density at radius 2 is 1.68 bits per heavy atom. The topological polar surface area (TPSA) is 148 Å². The molecular weight excluding hydrogens is 653 g/mol. The molecule has 0 saturated carbocycles. The molecule has 4 rings (SSSR count). The number of halogens is 2. The van der Waals surface area contributed by atoms with E-state index in [1.807, 2.05) is 29.1 Å². The minimum absolute atomic E-state index is 0.0302. The van der Waals surface area contributed by atoms with Crippen molar-refractivity contribution in [3.63, 3.8) is 0 Å². The third-order valence-electron chi connectivity index (χ3n) is 5.89. The van der Waals surface area contributed by atoms with E-state index in [1.54, 1.807) is 12.1 Å². The number of nitrogens with zero attached hydrogens (tertiary/aromatic N) is 2. The van der Waals surface area contributed by atoms with Gasteiger partial charge in [-0.15, -0.1) is 47.0 Å².